The van der Waals surface area contributed by atoms with Gasteiger partial charge in [-0.2, -0.15) is 0 Å². The molecule has 0 fully saturated rings. The molecule has 1 nitrogen and oxygen atoms in total. The molecule has 0 spiro atoms. The lowest BCUT2D eigenvalue weighted by Gasteiger charge is -2.02. The highest BCUT2D eigenvalue weighted by Gasteiger charge is 1.93. The predicted octanol–water partition coefficient (Wildman–Crippen LogP) is 3.64. The zero-order valence-electron chi connectivity index (χ0n) is 7.30. The van der Waals surface area contributed by atoms with Crippen molar-refractivity contribution in [2.24, 2.45) is 0 Å². The third-order valence-electron chi connectivity index (χ3n) is 1.58. The smallest absolute Gasteiger partial charge is 0.0717 e. The first-order valence-electron chi connectivity index (χ1n) is 4.21. The van der Waals surface area contributed by atoms with Crippen LogP contribution in [0.2, 0.25) is 5.02 Å². The first-order valence-corrected chi connectivity index (χ1v) is 5.71. The van der Waals surface area contributed by atoms with Crippen LogP contribution in [-0.4, -0.2) is 11.9 Å². The Morgan fingerprint density at radius 3 is 2.92 bits per heavy atom. The van der Waals surface area contributed by atoms with Gasteiger partial charge in [-0.25, -0.2) is 0 Å². The van der Waals surface area contributed by atoms with E-state index in [9.17, 15) is 0 Å². The topological polar surface area (TPSA) is 9.23 Å². The second-order valence-electron chi connectivity index (χ2n) is 2.73. The standard InChI is InChI=1S/C10H12BrClO/c11-5-2-6-13-8-9-3-1-4-10(12)7-9/h1,3-4,7H,2,5-6,8H2. The fourth-order valence-corrected chi connectivity index (χ4v) is 1.42. The molecule has 13 heavy (non-hydrogen) atoms. The summed E-state index contributed by atoms with van der Waals surface area (Å²) in [6.07, 6.45) is 1.04. The van der Waals surface area contributed by atoms with E-state index in [0.717, 1.165) is 28.9 Å². The van der Waals surface area contributed by atoms with Crippen LogP contribution in [0, 0.1) is 0 Å². The lowest BCUT2D eigenvalue weighted by atomic mass is 10.2. The Morgan fingerprint density at radius 1 is 1.38 bits per heavy atom. The van der Waals surface area contributed by atoms with E-state index in [4.69, 9.17) is 16.3 Å². The Kier molecular flexibility index (Phi) is 5.44. The number of hydrogen-bond donors (Lipinski definition) is 0. The normalized spacial score (nSPS) is 10.3. The Bertz CT molecular complexity index is 252. The van der Waals surface area contributed by atoms with Crippen molar-refractivity contribution in [2.45, 2.75) is 13.0 Å². The summed E-state index contributed by atoms with van der Waals surface area (Å²) in [6, 6.07) is 7.74. The van der Waals surface area contributed by atoms with Crippen molar-refractivity contribution in [3.63, 3.8) is 0 Å². The molecule has 0 aliphatic rings. The Balaban J connectivity index is 2.28. The molecular weight excluding hydrogens is 251 g/mol. The predicted molar refractivity (Wildman–Crippen MR) is 59.5 cm³/mol. The zero-order chi connectivity index (χ0) is 9.52. The number of rotatable bonds is 5. The molecular formula is C10H12BrClO. The van der Waals surface area contributed by atoms with E-state index < -0.39 is 0 Å². The lowest BCUT2D eigenvalue weighted by Crippen LogP contribution is -1.95. The molecule has 3 heteroatoms. The van der Waals surface area contributed by atoms with Crippen LogP contribution in [-0.2, 0) is 11.3 Å². The minimum atomic E-state index is 0.646. The van der Waals surface area contributed by atoms with Gasteiger partial charge in [0.15, 0.2) is 0 Å². The van der Waals surface area contributed by atoms with Gasteiger partial charge in [-0.15, -0.1) is 0 Å². The number of hydrogen-bond acceptors (Lipinski definition) is 1. The van der Waals surface area contributed by atoms with Crippen LogP contribution in [0.3, 0.4) is 0 Å². The highest BCUT2D eigenvalue weighted by Crippen LogP contribution is 2.11. The van der Waals surface area contributed by atoms with Gasteiger partial charge in [-0.1, -0.05) is 39.7 Å². The summed E-state index contributed by atoms with van der Waals surface area (Å²) in [4.78, 5) is 0. The van der Waals surface area contributed by atoms with Crippen molar-refractivity contribution in [1.82, 2.24) is 0 Å². The molecule has 0 unspecified atom stereocenters. The van der Waals surface area contributed by atoms with Crippen molar-refractivity contribution in [2.75, 3.05) is 11.9 Å². The van der Waals surface area contributed by atoms with Crippen LogP contribution in [0.5, 0.6) is 0 Å². The number of halogens is 2. The molecule has 0 saturated carbocycles. The van der Waals surface area contributed by atoms with Gasteiger partial charge in [0.1, 0.15) is 0 Å². The van der Waals surface area contributed by atoms with Gasteiger partial charge in [0, 0.05) is 17.0 Å². The van der Waals surface area contributed by atoms with Crippen LogP contribution >= 0.6 is 27.5 Å². The maximum Gasteiger partial charge on any atom is 0.0717 e. The van der Waals surface area contributed by atoms with Crippen LogP contribution < -0.4 is 0 Å². The average Bonchev–Trinajstić information content (AvgIpc) is 2.13. The van der Waals surface area contributed by atoms with Crippen LogP contribution in [0.1, 0.15) is 12.0 Å². The van der Waals surface area contributed by atoms with Gasteiger partial charge in [-0.3, -0.25) is 0 Å². The maximum absolute atomic E-state index is 5.82. The SMILES string of the molecule is Clc1cccc(COCCCBr)c1. The van der Waals surface area contributed by atoms with Crippen molar-refractivity contribution in [1.29, 1.82) is 0 Å². The molecule has 0 aliphatic heterocycles. The van der Waals surface area contributed by atoms with Gasteiger partial charge in [-0.05, 0) is 24.1 Å². The highest BCUT2D eigenvalue weighted by molar-refractivity contribution is 9.09. The molecule has 0 heterocycles. The number of benzene rings is 1. The summed E-state index contributed by atoms with van der Waals surface area (Å²) in [6.45, 7) is 1.44. The summed E-state index contributed by atoms with van der Waals surface area (Å²) >= 11 is 9.17. The van der Waals surface area contributed by atoms with Crippen molar-refractivity contribution >= 4 is 27.5 Å². The number of alkyl halides is 1. The van der Waals surface area contributed by atoms with E-state index in [0.29, 0.717) is 6.61 Å². The van der Waals surface area contributed by atoms with E-state index in [2.05, 4.69) is 15.9 Å². The van der Waals surface area contributed by atoms with Crippen LogP contribution in [0.15, 0.2) is 24.3 Å². The fourth-order valence-electron chi connectivity index (χ4n) is 0.973. The first kappa shape index (κ1) is 11.0. The molecule has 1 aromatic rings. The summed E-state index contributed by atoms with van der Waals surface area (Å²) in [5.74, 6) is 0. The third-order valence-corrected chi connectivity index (χ3v) is 2.38. The Morgan fingerprint density at radius 2 is 2.23 bits per heavy atom. The largest absolute Gasteiger partial charge is 0.377 e. The maximum atomic E-state index is 5.82. The molecule has 0 atom stereocenters. The molecule has 72 valence electrons. The molecule has 1 rings (SSSR count). The number of ether oxygens (including phenoxy) is 1. The van der Waals surface area contributed by atoms with Gasteiger partial charge in [0.2, 0.25) is 0 Å². The van der Waals surface area contributed by atoms with E-state index in [-0.39, 0.29) is 0 Å². The van der Waals surface area contributed by atoms with Gasteiger partial charge in [0.05, 0.1) is 6.61 Å². The zero-order valence-corrected chi connectivity index (χ0v) is 9.64. The molecule has 0 radical (unpaired) electrons. The van der Waals surface area contributed by atoms with E-state index in [1.165, 1.54) is 0 Å². The molecule has 0 amide bonds. The molecule has 0 aliphatic carbocycles. The van der Waals surface area contributed by atoms with Crippen molar-refractivity contribution < 1.29 is 4.74 Å². The quantitative estimate of drug-likeness (QED) is 0.582. The lowest BCUT2D eigenvalue weighted by molar-refractivity contribution is 0.122. The summed E-state index contributed by atoms with van der Waals surface area (Å²) in [5.41, 5.74) is 1.13. The van der Waals surface area contributed by atoms with E-state index in [1.807, 2.05) is 24.3 Å². The molecule has 1 aromatic carbocycles. The monoisotopic (exact) mass is 262 g/mol. The third kappa shape index (κ3) is 4.65. The Hall–Kier alpha value is -0.0500. The van der Waals surface area contributed by atoms with Crippen LogP contribution in [0.4, 0.5) is 0 Å². The van der Waals surface area contributed by atoms with E-state index >= 15 is 0 Å². The minimum Gasteiger partial charge on any atom is -0.377 e. The van der Waals surface area contributed by atoms with Gasteiger partial charge >= 0.3 is 0 Å². The van der Waals surface area contributed by atoms with Crippen molar-refractivity contribution in [3.05, 3.63) is 34.9 Å². The summed E-state index contributed by atoms with van der Waals surface area (Å²) in [5, 5.41) is 1.75. The fraction of sp³-hybridized carbons (Fsp3) is 0.400. The molecule has 0 aromatic heterocycles. The summed E-state index contributed by atoms with van der Waals surface area (Å²) in [7, 11) is 0. The van der Waals surface area contributed by atoms with Crippen molar-refractivity contribution in [3.8, 4) is 0 Å². The molecule has 0 saturated heterocycles. The van der Waals surface area contributed by atoms with Gasteiger partial charge < -0.3 is 4.74 Å². The molecule has 0 N–H and O–H groups in total. The highest BCUT2D eigenvalue weighted by atomic mass is 79.9. The van der Waals surface area contributed by atoms with Gasteiger partial charge in [0.25, 0.3) is 0 Å². The van der Waals surface area contributed by atoms with Crippen LogP contribution in [0.25, 0.3) is 0 Å². The molecule has 0 bridgehead atoms. The van der Waals surface area contributed by atoms with E-state index in [1.54, 1.807) is 0 Å². The first-order chi connectivity index (χ1) is 6.33. The second kappa shape index (κ2) is 6.41. The summed E-state index contributed by atoms with van der Waals surface area (Å²) < 4.78 is 5.43. The minimum absolute atomic E-state index is 0.646. The second-order valence-corrected chi connectivity index (χ2v) is 3.95. The Labute approximate surface area is 92.2 Å². The average molecular weight is 264 g/mol.